The molecule has 1 heterocycles. The Bertz CT molecular complexity index is 836. The highest BCUT2D eigenvalue weighted by atomic mass is 35.5. The van der Waals surface area contributed by atoms with Crippen molar-refractivity contribution in [2.45, 2.75) is 51.9 Å². The first-order chi connectivity index (χ1) is 12.2. The number of hydrogen-bond acceptors (Lipinski definition) is 2. The van der Waals surface area contributed by atoms with E-state index < -0.39 is 10.0 Å². The molecular formula is C21H28ClNO2S. The maximum absolute atomic E-state index is 13.4. The van der Waals surface area contributed by atoms with Crippen molar-refractivity contribution in [3.8, 4) is 0 Å². The van der Waals surface area contributed by atoms with E-state index in [9.17, 15) is 8.42 Å². The van der Waals surface area contributed by atoms with Crippen LogP contribution in [0.2, 0.25) is 0 Å². The Morgan fingerprint density at radius 3 is 2.15 bits per heavy atom. The molecule has 3 nitrogen and oxygen atoms in total. The third-order valence-corrected chi connectivity index (χ3v) is 8.59. The summed E-state index contributed by atoms with van der Waals surface area (Å²) in [6, 6.07) is 2.07. The van der Waals surface area contributed by atoms with Gasteiger partial charge in [0.05, 0.1) is 4.90 Å². The summed E-state index contributed by atoms with van der Waals surface area (Å²) in [5.41, 5.74) is 3.81. The molecule has 2 aliphatic rings. The van der Waals surface area contributed by atoms with Crippen molar-refractivity contribution in [2.24, 2.45) is 11.8 Å². The molecule has 0 aromatic heterocycles. The molecule has 0 N–H and O–H groups in total. The van der Waals surface area contributed by atoms with E-state index in [1.807, 2.05) is 27.7 Å². The van der Waals surface area contributed by atoms with Crippen LogP contribution < -0.4 is 0 Å². The smallest absolute Gasteiger partial charge is 0.207 e. The van der Waals surface area contributed by atoms with E-state index in [0.717, 1.165) is 46.5 Å². The van der Waals surface area contributed by atoms with Crippen LogP contribution in [0.15, 0.2) is 34.2 Å². The monoisotopic (exact) mass is 393 g/mol. The molecule has 0 spiro atoms. The summed E-state index contributed by atoms with van der Waals surface area (Å²) in [7, 11) is -3.47. The summed E-state index contributed by atoms with van der Waals surface area (Å²) in [5, 5.41) is 0.912. The molecule has 1 fully saturated rings. The van der Waals surface area contributed by atoms with Crippen LogP contribution in [0.4, 0.5) is 0 Å². The summed E-state index contributed by atoms with van der Waals surface area (Å²) in [6.07, 6.45) is 9.01. The van der Waals surface area contributed by atoms with Gasteiger partial charge in [-0.25, -0.2) is 8.42 Å². The summed E-state index contributed by atoms with van der Waals surface area (Å²) in [4.78, 5) is 0.504. The van der Waals surface area contributed by atoms with Gasteiger partial charge in [0.15, 0.2) is 0 Å². The van der Waals surface area contributed by atoms with Crippen molar-refractivity contribution in [2.75, 3.05) is 13.1 Å². The first kappa shape index (κ1) is 19.7. The molecule has 0 amide bonds. The lowest BCUT2D eigenvalue weighted by molar-refractivity contribution is 0.248. The fourth-order valence-corrected chi connectivity index (χ4v) is 6.57. The number of piperidine rings is 1. The number of sulfonamides is 1. The fourth-order valence-electron chi connectivity index (χ4n) is 4.19. The number of rotatable bonds is 3. The maximum atomic E-state index is 13.4. The molecule has 1 unspecified atom stereocenters. The first-order valence-electron chi connectivity index (χ1n) is 9.33. The standard InChI is InChI=1S/C21H28ClNO2S/c1-14-13-15(2)17(4)21(16(14)3)26(24,25)23-11-9-18(10-12-23)19-7-5-6-8-20(19)22/h5,7-8,13,18-19H,6,9-12H2,1-4H3. The van der Waals surface area contributed by atoms with Crippen molar-refractivity contribution in [3.63, 3.8) is 0 Å². The van der Waals surface area contributed by atoms with Gasteiger partial charge < -0.3 is 0 Å². The third kappa shape index (κ3) is 3.51. The molecule has 1 aliphatic carbocycles. The van der Waals surface area contributed by atoms with Gasteiger partial charge in [-0.05, 0) is 75.1 Å². The molecule has 1 aromatic rings. The average molecular weight is 394 g/mol. The van der Waals surface area contributed by atoms with E-state index in [2.05, 4.69) is 24.3 Å². The Kier molecular flexibility index (Phi) is 5.66. The molecule has 0 saturated carbocycles. The number of nitrogens with zero attached hydrogens (tertiary/aromatic N) is 1. The second-order valence-corrected chi connectivity index (χ2v) is 9.92. The van der Waals surface area contributed by atoms with Crippen LogP contribution in [-0.2, 0) is 10.0 Å². The van der Waals surface area contributed by atoms with Gasteiger partial charge in [0.25, 0.3) is 0 Å². The van der Waals surface area contributed by atoms with Crippen molar-refractivity contribution in [1.82, 2.24) is 4.31 Å². The lowest BCUT2D eigenvalue weighted by atomic mass is 9.82. The highest BCUT2D eigenvalue weighted by Gasteiger charge is 2.35. The largest absolute Gasteiger partial charge is 0.243 e. The normalized spacial score (nSPS) is 22.5. The van der Waals surface area contributed by atoms with E-state index in [1.54, 1.807) is 4.31 Å². The van der Waals surface area contributed by atoms with Gasteiger partial charge in [-0.1, -0.05) is 35.9 Å². The van der Waals surface area contributed by atoms with Crippen molar-refractivity contribution in [3.05, 3.63) is 51.6 Å². The fraction of sp³-hybridized carbons (Fsp3) is 0.524. The molecule has 0 radical (unpaired) electrons. The van der Waals surface area contributed by atoms with E-state index in [1.165, 1.54) is 0 Å². The molecule has 1 aliphatic heterocycles. The van der Waals surface area contributed by atoms with Crippen LogP contribution >= 0.6 is 11.6 Å². The predicted octanol–water partition coefficient (Wildman–Crippen LogP) is 5.02. The van der Waals surface area contributed by atoms with Crippen LogP contribution in [0.25, 0.3) is 0 Å². The highest BCUT2D eigenvalue weighted by molar-refractivity contribution is 7.89. The molecule has 142 valence electrons. The van der Waals surface area contributed by atoms with Crippen LogP contribution in [0.3, 0.4) is 0 Å². The van der Waals surface area contributed by atoms with Gasteiger partial charge in [-0.15, -0.1) is 0 Å². The van der Waals surface area contributed by atoms with E-state index >= 15 is 0 Å². The molecule has 5 heteroatoms. The summed E-state index contributed by atoms with van der Waals surface area (Å²) < 4.78 is 28.4. The Morgan fingerprint density at radius 1 is 1.04 bits per heavy atom. The van der Waals surface area contributed by atoms with Crippen LogP contribution in [-0.4, -0.2) is 25.8 Å². The topological polar surface area (TPSA) is 37.4 Å². The lowest BCUT2D eigenvalue weighted by Crippen LogP contribution is -2.40. The second-order valence-electron chi connectivity index (χ2n) is 7.61. The highest BCUT2D eigenvalue weighted by Crippen LogP contribution is 2.37. The molecule has 0 bridgehead atoms. The molecule has 26 heavy (non-hydrogen) atoms. The van der Waals surface area contributed by atoms with E-state index in [-0.39, 0.29) is 5.92 Å². The molecule has 1 atom stereocenters. The van der Waals surface area contributed by atoms with Crippen LogP contribution in [0.5, 0.6) is 0 Å². The zero-order valence-corrected chi connectivity index (χ0v) is 17.6. The van der Waals surface area contributed by atoms with Crippen molar-refractivity contribution < 1.29 is 8.42 Å². The quantitative estimate of drug-likeness (QED) is 0.676. The summed E-state index contributed by atoms with van der Waals surface area (Å²) >= 11 is 6.39. The SMILES string of the molecule is Cc1cc(C)c(C)c(S(=O)(=O)N2CCC(C3C=CCC=C3Cl)CC2)c1C. The minimum absolute atomic E-state index is 0.250. The molecule has 1 aromatic carbocycles. The number of benzene rings is 1. The zero-order chi connectivity index (χ0) is 19.1. The Morgan fingerprint density at radius 2 is 1.62 bits per heavy atom. The van der Waals surface area contributed by atoms with Gasteiger partial charge in [0, 0.05) is 24.0 Å². The number of allylic oxidation sites excluding steroid dienone is 4. The third-order valence-electron chi connectivity index (χ3n) is 6.01. The molecular weight excluding hydrogens is 366 g/mol. The van der Waals surface area contributed by atoms with Gasteiger partial charge in [-0.2, -0.15) is 4.31 Å². The van der Waals surface area contributed by atoms with Crippen LogP contribution in [0.1, 0.15) is 41.5 Å². The Hall–Kier alpha value is -1.10. The summed E-state index contributed by atoms with van der Waals surface area (Å²) in [6.45, 7) is 8.92. The minimum atomic E-state index is -3.47. The van der Waals surface area contributed by atoms with Crippen molar-refractivity contribution in [1.29, 1.82) is 0 Å². The minimum Gasteiger partial charge on any atom is -0.207 e. The lowest BCUT2D eigenvalue weighted by Gasteiger charge is -2.35. The summed E-state index contributed by atoms with van der Waals surface area (Å²) in [5.74, 6) is 0.670. The van der Waals surface area contributed by atoms with Gasteiger partial charge in [0.1, 0.15) is 0 Å². The van der Waals surface area contributed by atoms with Gasteiger partial charge in [-0.3, -0.25) is 0 Å². The van der Waals surface area contributed by atoms with Gasteiger partial charge in [0.2, 0.25) is 10.0 Å². The van der Waals surface area contributed by atoms with E-state index in [0.29, 0.717) is 23.9 Å². The number of hydrogen-bond donors (Lipinski definition) is 0. The van der Waals surface area contributed by atoms with E-state index in [4.69, 9.17) is 11.6 Å². The Labute approximate surface area is 162 Å². The predicted molar refractivity (Wildman–Crippen MR) is 108 cm³/mol. The Balaban J connectivity index is 1.82. The van der Waals surface area contributed by atoms with Gasteiger partial charge >= 0.3 is 0 Å². The zero-order valence-electron chi connectivity index (χ0n) is 16.0. The average Bonchev–Trinajstić information content (AvgIpc) is 2.61. The molecule has 3 rings (SSSR count). The number of aryl methyl sites for hydroxylation is 2. The van der Waals surface area contributed by atoms with Crippen molar-refractivity contribution >= 4 is 21.6 Å². The second kappa shape index (κ2) is 7.49. The number of halogens is 1. The maximum Gasteiger partial charge on any atom is 0.243 e. The first-order valence-corrected chi connectivity index (χ1v) is 11.1. The molecule has 1 saturated heterocycles. The van der Waals surface area contributed by atoms with Crippen LogP contribution in [0, 0.1) is 39.5 Å².